The first-order valence-corrected chi connectivity index (χ1v) is 8.51. The second kappa shape index (κ2) is 12.7. The number of nitrogens with one attached hydrogen (secondary N) is 2. The molecule has 0 saturated carbocycles. The van der Waals surface area contributed by atoms with Gasteiger partial charge in [0.15, 0.2) is 5.96 Å². The van der Waals surface area contributed by atoms with Crippen molar-refractivity contribution in [1.82, 2.24) is 10.6 Å². The highest BCUT2D eigenvalue weighted by molar-refractivity contribution is 5.79. The monoisotopic (exact) mass is 339 g/mol. The number of halogens is 1. The molecule has 0 heterocycles. The van der Waals surface area contributed by atoms with E-state index in [1.165, 1.54) is 12.1 Å². The fraction of sp³-hybridized carbons (Fsp3) is 0.611. The maximum Gasteiger partial charge on any atom is 0.191 e. The van der Waals surface area contributed by atoms with Crippen molar-refractivity contribution in [1.29, 1.82) is 0 Å². The molecule has 0 aliphatic rings. The zero-order chi connectivity index (χ0) is 17.6. The molecule has 0 aliphatic heterocycles. The number of hydrogen-bond acceptors (Lipinski definition) is 3. The Labute approximate surface area is 144 Å². The standard InChI is InChI=1S/C18H30FN3O2/c1-4-5-12-24-13-6-11-21-18(20-2)22-14-17(23-3)15-7-9-16(19)10-8-15/h7-10,17H,4-6,11-14H2,1-3H3,(H2,20,21,22). The van der Waals surface area contributed by atoms with Gasteiger partial charge < -0.3 is 20.1 Å². The Kier molecular flexibility index (Phi) is 10.8. The lowest BCUT2D eigenvalue weighted by molar-refractivity contribution is 0.106. The summed E-state index contributed by atoms with van der Waals surface area (Å²) >= 11 is 0. The number of rotatable bonds is 11. The van der Waals surface area contributed by atoms with Crippen LogP contribution in [-0.4, -0.2) is 46.4 Å². The minimum Gasteiger partial charge on any atom is -0.381 e. The molecule has 1 aromatic carbocycles. The predicted octanol–water partition coefficient (Wildman–Crippen LogP) is 2.89. The summed E-state index contributed by atoms with van der Waals surface area (Å²) in [7, 11) is 3.37. The molecule has 1 aromatic rings. The van der Waals surface area contributed by atoms with Crippen LogP contribution in [0.15, 0.2) is 29.3 Å². The Morgan fingerprint density at radius 1 is 1.17 bits per heavy atom. The molecule has 0 radical (unpaired) electrons. The van der Waals surface area contributed by atoms with Gasteiger partial charge in [-0.15, -0.1) is 0 Å². The molecule has 0 fully saturated rings. The normalized spacial score (nSPS) is 12.9. The summed E-state index contributed by atoms with van der Waals surface area (Å²) in [6, 6.07) is 6.34. The lowest BCUT2D eigenvalue weighted by Gasteiger charge is -2.18. The minimum atomic E-state index is -0.250. The molecule has 1 atom stereocenters. The number of nitrogens with zero attached hydrogens (tertiary/aromatic N) is 1. The SMILES string of the molecule is CCCCOCCCNC(=NC)NCC(OC)c1ccc(F)cc1. The van der Waals surface area contributed by atoms with Crippen LogP contribution >= 0.6 is 0 Å². The van der Waals surface area contributed by atoms with Gasteiger partial charge in [0.1, 0.15) is 5.82 Å². The van der Waals surface area contributed by atoms with Crippen LogP contribution in [0.5, 0.6) is 0 Å². The highest BCUT2D eigenvalue weighted by Crippen LogP contribution is 2.15. The molecule has 1 unspecified atom stereocenters. The zero-order valence-corrected chi connectivity index (χ0v) is 15.0. The van der Waals surface area contributed by atoms with E-state index in [1.807, 2.05) is 0 Å². The summed E-state index contributed by atoms with van der Waals surface area (Å²) in [6.45, 7) is 5.07. The van der Waals surface area contributed by atoms with Crippen molar-refractivity contribution in [3.8, 4) is 0 Å². The van der Waals surface area contributed by atoms with Crippen LogP contribution in [0.3, 0.4) is 0 Å². The molecule has 24 heavy (non-hydrogen) atoms. The van der Waals surface area contributed by atoms with Gasteiger partial charge in [0.2, 0.25) is 0 Å². The van der Waals surface area contributed by atoms with E-state index in [4.69, 9.17) is 9.47 Å². The Hall–Kier alpha value is -1.66. The van der Waals surface area contributed by atoms with Crippen molar-refractivity contribution < 1.29 is 13.9 Å². The second-order valence-corrected chi connectivity index (χ2v) is 5.48. The van der Waals surface area contributed by atoms with E-state index < -0.39 is 0 Å². The topological polar surface area (TPSA) is 54.9 Å². The maximum absolute atomic E-state index is 13.0. The van der Waals surface area contributed by atoms with Gasteiger partial charge in [-0.3, -0.25) is 4.99 Å². The van der Waals surface area contributed by atoms with E-state index in [1.54, 1.807) is 26.3 Å². The van der Waals surface area contributed by atoms with E-state index in [-0.39, 0.29) is 11.9 Å². The smallest absolute Gasteiger partial charge is 0.191 e. The number of benzene rings is 1. The molecule has 2 N–H and O–H groups in total. The number of aliphatic imine (C=N–C) groups is 1. The van der Waals surface area contributed by atoms with Gasteiger partial charge in [0, 0.05) is 40.5 Å². The molecular formula is C18H30FN3O2. The van der Waals surface area contributed by atoms with Crippen LogP contribution in [0.4, 0.5) is 4.39 Å². The van der Waals surface area contributed by atoms with Crippen LogP contribution in [0.1, 0.15) is 37.9 Å². The fourth-order valence-corrected chi connectivity index (χ4v) is 2.15. The average molecular weight is 339 g/mol. The van der Waals surface area contributed by atoms with Crippen molar-refractivity contribution in [2.45, 2.75) is 32.3 Å². The molecule has 0 aliphatic carbocycles. The molecular weight excluding hydrogens is 309 g/mol. The predicted molar refractivity (Wildman–Crippen MR) is 95.9 cm³/mol. The summed E-state index contributed by atoms with van der Waals surface area (Å²) in [5, 5.41) is 6.47. The molecule has 5 nitrogen and oxygen atoms in total. The Morgan fingerprint density at radius 2 is 1.88 bits per heavy atom. The number of methoxy groups -OCH3 is 1. The van der Waals surface area contributed by atoms with Crippen molar-refractivity contribution in [3.63, 3.8) is 0 Å². The Balaban J connectivity index is 2.28. The summed E-state index contributed by atoms with van der Waals surface area (Å²) < 4.78 is 24.0. The number of hydrogen-bond donors (Lipinski definition) is 2. The summed E-state index contributed by atoms with van der Waals surface area (Å²) in [5.74, 6) is 0.466. The molecule has 0 saturated heterocycles. The van der Waals surface area contributed by atoms with Gasteiger partial charge in [0.25, 0.3) is 0 Å². The first-order valence-electron chi connectivity index (χ1n) is 8.51. The van der Waals surface area contributed by atoms with E-state index in [0.717, 1.165) is 44.6 Å². The van der Waals surface area contributed by atoms with Gasteiger partial charge in [-0.2, -0.15) is 0 Å². The van der Waals surface area contributed by atoms with Crippen molar-refractivity contribution in [3.05, 3.63) is 35.6 Å². The Bertz CT molecular complexity index is 466. The maximum atomic E-state index is 13.0. The number of ether oxygens (including phenoxy) is 2. The molecule has 0 spiro atoms. The molecule has 0 amide bonds. The van der Waals surface area contributed by atoms with E-state index in [2.05, 4.69) is 22.5 Å². The first kappa shape index (κ1) is 20.4. The van der Waals surface area contributed by atoms with E-state index in [0.29, 0.717) is 12.5 Å². The van der Waals surface area contributed by atoms with Gasteiger partial charge in [0.05, 0.1) is 6.10 Å². The largest absolute Gasteiger partial charge is 0.381 e. The molecule has 6 heteroatoms. The molecule has 0 bridgehead atoms. The van der Waals surface area contributed by atoms with Crippen LogP contribution in [0.25, 0.3) is 0 Å². The molecule has 0 aromatic heterocycles. The number of guanidine groups is 1. The van der Waals surface area contributed by atoms with E-state index >= 15 is 0 Å². The average Bonchev–Trinajstić information content (AvgIpc) is 2.61. The lowest BCUT2D eigenvalue weighted by atomic mass is 10.1. The third-order valence-electron chi connectivity index (χ3n) is 3.60. The minimum absolute atomic E-state index is 0.165. The highest BCUT2D eigenvalue weighted by Gasteiger charge is 2.11. The van der Waals surface area contributed by atoms with Crippen LogP contribution in [0, 0.1) is 5.82 Å². The third kappa shape index (κ3) is 8.26. The van der Waals surface area contributed by atoms with Crippen LogP contribution < -0.4 is 10.6 Å². The Morgan fingerprint density at radius 3 is 2.50 bits per heavy atom. The lowest BCUT2D eigenvalue weighted by Crippen LogP contribution is -2.40. The van der Waals surface area contributed by atoms with Gasteiger partial charge in [-0.05, 0) is 30.5 Å². The summed E-state index contributed by atoms with van der Waals surface area (Å²) in [6.07, 6.45) is 3.03. The van der Waals surface area contributed by atoms with Crippen molar-refractivity contribution >= 4 is 5.96 Å². The number of unbranched alkanes of at least 4 members (excludes halogenated alkanes) is 1. The first-order chi connectivity index (χ1) is 11.7. The van der Waals surface area contributed by atoms with Crippen LogP contribution in [-0.2, 0) is 9.47 Å². The van der Waals surface area contributed by atoms with Gasteiger partial charge in [-0.1, -0.05) is 25.5 Å². The van der Waals surface area contributed by atoms with E-state index in [9.17, 15) is 4.39 Å². The van der Waals surface area contributed by atoms with Crippen LogP contribution in [0.2, 0.25) is 0 Å². The summed E-state index contributed by atoms with van der Waals surface area (Å²) in [5.41, 5.74) is 0.922. The molecule has 1 rings (SSSR count). The summed E-state index contributed by atoms with van der Waals surface area (Å²) in [4.78, 5) is 4.19. The van der Waals surface area contributed by atoms with Gasteiger partial charge in [-0.25, -0.2) is 4.39 Å². The van der Waals surface area contributed by atoms with Gasteiger partial charge >= 0.3 is 0 Å². The molecule has 136 valence electrons. The quantitative estimate of drug-likeness (QED) is 0.370. The van der Waals surface area contributed by atoms with Crippen molar-refractivity contribution in [2.24, 2.45) is 4.99 Å². The fourth-order valence-electron chi connectivity index (χ4n) is 2.15. The second-order valence-electron chi connectivity index (χ2n) is 5.48. The van der Waals surface area contributed by atoms with Crippen molar-refractivity contribution in [2.75, 3.05) is 40.5 Å². The third-order valence-corrected chi connectivity index (χ3v) is 3.60. The zero-order valence-electron chi connectivity index (χ0n) is 15.0. The highest BCUT2D eigenvalue weighted by atomic mass is 19.1.